The molecule has 2 heterocycles. The van der Waals surface area contributed by atoms with Crippen LogP contribution in [0.25, 0.3) is 10.9 Å². The molecule has 3 N–H and O–H groups in total. The molecule has 0 saturated carbocycles. The lowest BCUT2D eigenvalue weighted by Gasteiger charge is -2.08. The van der Waals surface area contributed by atoms with Crippen LogP contribution in [-0.4, -0.2) is 15.9 Å². The fraction of sp³-hybridized carbons (Fsp3) is 0.0909. The van der Waals surface area contributed by atoms with Gasteiger partial charge in [0.2, 0.25) is 5.91 Å². The van der Waals surface area contributed by atoms with E-state index < -0.39 is 0 Å². The van der Waals surface area contributed by atoms with E-state index in [1.54, 1.807) is 6.20 Å². The molecule has 27 heavy (non-hydrogen) atoms. The number of hydrogen-bond donors (Lipinski definition) is 3. The zero-order valence-corrected chi connectivity index (χ0v) is 14.8. The molecule has 0 unspecified atom stereocenters. The van der Waals surface area contributed by atoms with Crippen LogP contribution in [0.5, 0.6) is 0 Å². The summed E-state index contributed by atoms with van der Waals surface area (Å²) in [6, 6.07) is 21.5. The molecule has 0 radical (unpaired) electrons. The van der Waals surface area contributed by atoms with Crippen molar-refractivity contribution in [2.75, 3.05) is 10.6 Å². The normalized spacial score (nSPS) is 10.7. The Morgan fingerprint density at radius 1 is 0.926 bits per heavy atom. The van der Waals surface area contributed by atoms with Gasteiger partial charge in [0.1, 0.15) is 0 Å². The van der Waals surface area contributed by atoms with Gasteiger partial charge in [-0.3, -0.25) is 9.78 Å². The number of fused-ring (bicyclic) bond motifs is 1. The number of nitrogens with zero attached hydrogens (tertiary/aromatic N) is 1. The largest absolute Gasteiger partial charge is 0.379 e. The number of hydrogen-bond acceptors (Lipinski definition) is 3. The number of nitrogens with one attached hydrogen (secondary N) is 3. The average Bonchev–Trinajstić information content (AvgIpc) is 3.11. The van der Waals surface area contributed by atoms with E-state index in [1.807, 2.05) is 72.9 Å². The van der Waals surface area contributed by atoms with Crippen LogP contribution in [0.1, 0.15) is 11.3 Å². The zero-order chi connectivity index (χ0) is 18.5. The number of benzene rings is 2. The molecular weight excluding hydrogens is 336 g/mol. The Morgan fingerprint density at radius 3 is 2.52 bits per heavy atom. The summed E-state index contributed by atoms with van der Waals surface area (Å²) in [5.41, 5.74) is 4.78. The molecule has 5 nitrogen and oxygen atoms in total. The Labute approximate surface area is 157 Å². The third-order valence-electron chi connectivity index (χ3n) is 4.39. The van der Waals surface area contributed by atoms with E-state index in [4.69, 9.17) is 0 Å². The van der Waals surface area contributed by atoms with Crippen LogP contribution in [0, 0.1) is 0 Å². The van der Waals surface area contributed by atoms with Crippen LogP contribution < -0.4 is 10.6 Å². The maximum absolute atomic E-state index is 12.4. The van der Waals surface area contributed by atoms with Gasteiger partial charge in [0.25, 0.3) is 0 Å². The summed E-state index contributed by atoms with van der Waals surface area (Å²) in [4.78, 5) is 19.9. The van der Waals surface area contributed by atoms with E-state index in [1.165, 1.54) is 0 Å². The molecule has 0 aliphatic carbocycles. The Morgan fingerprint density at radius 2 is 1.70 bits per heavy atom. The number of carbonyl (C=O) groups excluding carboxylic acids is 1. The molecule has 0 aliphatic heterocycles. The molecule has 4 aromatic rings. The quantitative estimate of drug-likeness (QED) is 0.481. The summed E-state index contributed by atoms with van der Waals surface area (Å²) in [5, 5.41) is 7.36. The van der Waals surface area contributed by atoms with Gasteiger partial charge in [0, 0.05) is 34.7 Å². The number of anilines is 2. The maximum atomic E-state index is 12.4. The lowest BCUT2D eigenvalue weighted by Crippen LogP contribution is -2.14. The minimum Gasteiger partial charge on any atom is -0.379 e. The van der Waals surface area contributed by atoms with E-state index in [-0.39, 0.29) is 5.91 Å². The summed E-state index contributed by atoms with van der Waals surface area (Å²) in [5.74, 6) is -0.0334. The summed E-state index contributed by atoms with van der Waals surface area (Å²) in [6.07, 6.45) is 4.02. The molecule has 0 saturated heterocycles. The highest BCUT2D eigenvalue weighted by Crippen LogP contribution is 2.19. The van der Waals surface area contributed by atoms with E-state index in [0.29, 0.717) is 13.0 Å². The summed E-state index contributed by atoms with van der Waals surface area (Å²) >= 11 is 0. The third-order valence-corrected chi connectivity index (χ3v) is 4.39. The van der Waals surface area contributed by atoms with Crippen molar-refractivity contribution in [3.05, 3.63) is 90.4 Å². The first kappa shape index (κ1) is 16.8. The Hall–Kier alpha value is -3.60. The van der Waals surface area contributed by atoms with Crippen LogP contribution in [-0.2, 0) is 17.8 Å². The number of rotatable bonds is 6. The zero-order valence-electron chi connectivity index (χ0n) is 14.8. The summed E-state index contributed by atoms with van der Waals surface area (Å²) in [7, 11) is 0. The molecular formula is C22H20N4O. The molecule has 5 heteroatoms. The standard InChI is InChI=1S/C22H20N4O/c27-22(13-16-14-25-21-7-2-1-6-20(16)21)26-18-10-8-17(9-11-18)24-15-19-5-3-4-12-23-19/h1-12,14,24-25H,13,15H2,(H,26,27). The third kappa shape index (κ3) is 4.15. The van der Waals surface area contributed by atoms with Gasteiger partial charge in [-0.2, -0.15) is 0 Å². The van der Waals surface area contributed by atoms with E-state index in [0.717, 1.165) is 33.5 Å². The van der Waals surface area contributed by atoms with Gasteiger partial charge in [-0.05, 0) is 48.0 Å². The number of pyridine rings is 1. The number of carbonyl (C=O) groups is 1. The highest BCUT2D eigenvalue weighted by molar-refractivity contribution is 5.95. The predicted molar refractivity (Wildman–Crippen MR) is 109 cm³/mol. The van der Waals surface area contributed by atoms with Gasteiger partial charge in [-0.1, -0.05) is 24.3 Å². The lowest BCUT2D eigenvalue weighted by molar-refractivity contribution is -0.115. The van der Waals surface area contributed by atoms with Crippen molar-refractivity contribution in [3.63, 3.8) is 0 Å². The van der Waals surface area contributed by atoms with Crippen molar-refractivity contribution >= 4 is 28.2 Å². The first-order chi connectivity index (χ1) is 13.3. The van der Waals surface area contributed by atoms with E-state index >= 15 is 0 Å². The minimum atomic E-state index is -0.0334. The second-order valence-electron chi connectivity index (χ2n) is 6.34. The van der Waals surface area contributed by atoms with E-state index in [2.05, 4.69) is 20.6 Å². The molecule has 1 amide bonds. The first-order valence-electron chi connectivity index (χ1n) is 8.86. The van der Waals surface area contributed by atoms with Crippen molar-refractivity contribution in [2.45, 2.75) is 13.0 Å². The fourth-order valence-corrected chi connectivity index (χ4v) is 3.02. The highest BCUT2D eigenvalue weighted by Gasteiger charge is 2.09. The molecule has 0 spiro atoms. The van der Waals surface area contributed by atoms with Gasteiger partial charge >= 0.3 is 0 Å². The number of H-pyrrole nitrogens is 1. The number of aromatic amines is 1. The molecule has 0 aliphatic rings. The first-order valence-corrected chi connectivity index (χ1v) is 8.86. The van der Waals surface area contributed by atoms with Crippen molar-refractivity contribution in [2.24, 2.45) is 0 Å². The Balaban J connectivity index is 1.34. The summed E-state index contributed by atoms with van der Waals surface area (Å²) < 4.78 is 0. The maximum Gasteiger partial charge on any atom is 0.228 e. The topological polar surface area (TPSA) is 69.8 Å². The van der Waals surface area contributed by atoms with Crippen molar-refractivity contribution in [1.82, 2.24) is 9.97 Å². The number of amides is 1. The average molecular weight is 356 g/mol. The van der Waals surface area contributed by atoms with Gasteiger partial charge in [-0.15, -0.1) is 0 Å². The van der Waals surface area contributed by atoms with Crippen LogP contribution in [0.2, 0.25) is 0 Å². The number of para-hydroxylation sites is 1. The smallest absolute Gasteiger partial charge is 0.228 e. The molecule has 0 bridgehead atoms. The van der Waals surface area contributed by atoms with Crippen LogP contribution in [0.4, 0.5) is 11.4 Å². The van der Waals surface area contributed by atoms with E-state index in [9.17, 15) is 4.79 Å². The fourth-order valence-electron chi connectivity index (χ4n) is 3.02. The molecule has 2 aromatic carbocycles. The SMILES string of the molecule is O=C(Cc1c[nH]c2ccccc12)Nc1ccc(NCc2ccccn2)cc1. The van der Waals surface area contributed by atoms with Crippen molar-refractivity contribution < 1.29 is 4.79 Å². The molecule has 0 atom stereocenters. The van der Waals surface area contributed by atoms with Gasteiger partial charge in [0.05, 0.1) is 18.7 Å². The molecule has 134 valence electrons. The number of aromatic nitrogens is 2. The summed E-state index contributed by atoms with van der Waals surface area (Å²) in [6.45, 7) is 0.660. The second kappa shape index (κ2) is 7.74. The van der Waals surface area contributed by atoms with Gasteiger partial charge in [0.15, 0.2) is 0 Å². The molecule has 4 rings (SSSR count). The van der Waals surface area contributed by atoms with Crippen LogP contribution in [0.15, 0.2) is 79.1 Å². The van der Waals surface area contributed by atoms with Crippen molar-refractivity contribution in [1.29, 1.82) is 0 Å². The molecule has 0 fully saturated rings. The monoisotopic (exact) mass is 356 g/mol. The highest BCUT2D eigenvalue weighted by atomic mass is 16.1. The molecule has 2 aromatic heterocycles. The second-order valence-corrected chi connectivity index (χ2v) is 6.34. The minimum absolute atomic E-state index is 0.0334. The van der Waals surface area contributed by atoms with Gasteiger partial charge < -0.3 is 15.6 Å². The van der Waals surface area contributed by atoms with Crippen molar-refractivity contribution in [3.8, 4) is 0 Å². The van der Waals surface area contributed by atoms with Crippen LogP contribution in [0.3, 0.4) is 0 Å². The lowest BCUT2D eigenvalue weighted by atomic mass is 10.1. The predicted octanol–water partition coefficient (Wildman–Crippen LogP) is 4.36. The Bertz CT molecular complexity index is 1040. The van der Waals surface area contributed by atoms with Crippen LogP contribution >= 0.6 is 0 Å². The van der Waals surface area contributed by atoms with Gasteiger partial charge in [-0.25, -0.2) is 0 Å². The Kier molecular flexibility index (Phi) is 4.83.